The lowest BCUT2D eigenvalue weighted by Crippen LogP contribution is -2.21. The molecule has 88 valence electrons. The highest BCUT2D eigenvalue weighted by atomic mass is 35.5. The summed E-state index contributed by atoms with van der Waals surface area (Å²) in [5, 5.41) is 0.778. The molecule has 0 unspecified atom stereocenters. The van der Waals surface area contributed by atoms with Crippen molar-refractivity contribution in [2.75, 3.05) is 5.73 Å². The van der Waals surface area contributed by atoms with E-state index in [4.69, 9.17) is 17.3 Å². The zero-order valence-corrected chi connectivity index (χ0v) is 10.8. The minimum absolute atomic E-state index is 0.191. The summed E-state index contributed by atoms with van der Waals surface area (Å²) in [7, 11) is 0. The molecule has 0 aliphatic carbocycles. The van der Waals surface area contributed by atoms with Crippen LogP contribution >= 0.6 is 11.6 Å². The fraction of sp³-hybridized carbons (Fsp3) is 0.200. The van der Waals surface area contributed by atoms with Gasteiger partial charge in [0.1, 0.15) is 0 Å². The third kappa shape index (κ3) is 2.16. The van der Waals surface area contributed by atoms with Crippen molar-refractivity contribution in [2.45, 2.75) is 19.3 Å². The van der Waals surface area contributed by atoms with Crippen molar-refractivity contribution in [2.24, 2.45) is 0 Å². The number of rotatable bonds is 2. The first kappa shape index (κ1) is 12.0. The van der Waals surface area contributed by atoms with Crippen LogP contribution in [0.5, 0.6) is 0 Å². The van der Waals surface area contributed by atoms with Crippen LogP contribution in [0, 0.1) is 0 Å². The molecule has 0 saturated heterocycles. The summed E-state index contributed by atoms with van der Waals surface area (Å²) in [5.74, 6) is 0. The van der Waals surface area contributed by atoms with E-state index in [1.807, 2.05) is 36.4 Å². The zero-order valence-electron chi connectivity index (χ0n) is 10.1. The second kappa shape index (κ2) is 4.42. The number of benzene rings is 2. The van der Waals surface area contributed by atoms with Gasteiger partial charge in [0, 0.05) is 16.1 Å². The van der Waals surface area contributed by atoms with Gasteiger partial charge in [-0.25, -0.2) is 0 Å². The van der Waals surface area contributed by atoms with Crippen molar-refractivity contribution >= 4 is 17.3 Å². The van der Waals surface area contributed by atoms with Crippen LogP contribution in [0.3, 0.4) is 0 Å². The first-order valence-electron chi connectivity index (χ1n) is 5.63. The SMILES string of the molecule is CC(C)(c1ccccc1N)c1ccccc1Cl. The number of para-hydroxylation sites is 1. The van der Waals surface area contributed by atoms with Gasteiger partial charge < -0.3 is 5.73 Å². The average molecular weight is 246 g/mol. The lowest BCUT2D eigenvalue weighted by Gasteiger charge is -2.28. The molecular formula is C15H16ClN. The molecule has 2 heteroatoms. The van der Waals surface area contributed by atoms with Gasteiger partial charge in [0.2, 0.25) is 0 Å². The molecule has 0 aromatic heterocycles. The van der Waals surface area contributed by atoms with Gasteiger partial charge >= 0.3 is 0 Å². The van der Waals surface area contributed by atoms with Crippen LogP contribution in [0.1, 0.15) is 25.0 Å². The Bertz CT molecular complexity index is 484. The maximum Gasteiger partial charge on any atom is 0.0446 e. The molecule has 0 radical (unpaired) electrons. The van der Waals surface area contributed by atoms with Crippen LogP contribution in [0.2, 0.25) is 5.02 Å². The molecular weight excluding hydrogens is 230 g/mol. The van der Waals surface area contributed by atoms with Crippen LogP contribution < -0.4 is 5.73 Å². The van der Waals surface area contributed by atoms with Gasteiger partial charge in [-0.2, -0.15) is 0 Å². The van der Waals surface area contributed by atoms with Crippen LogP contribution in [-0.4, -0.2) is 0 Å². The molecule has 0 aliphatic heterocycles. The Balaban J connectivity index is 2.58. The number of hydrogen-bond acceptors (Lipinski definition) is 1. The van der Waals surface area contributed by atoms with Crippen LogP contribution in [0.4, 0.5) is 5.69 Å². The van der Waals surface area contributed by atoms with E-state index < -0.39 is 0 Å². The Labute approximate surface area is 107 Å². The largest absolute Gasteiger partial charge is 0.398 e. The Morgan fingerprint density at radius 3 is 2.00 bits per heavy atom. The standard InChI is InChI=1S/C15H16ClN/c1-15(2,11-7-3-5-9-13(11)16)12-8-4-6-10-14(12)17/h3-10H,17H2,1-2H3. The molecule has 0 amide bonds. The maximum atomic E-state index is 6.27. The summed E-state index contributed by atoms with van der Waals surface area (Å²) in [6, 6.07) is 15.8. The van der Waals surface area contributed by atoms with Crippen molar-refractivity contribution < 1.29 is 0 Å². The van der Waals surface area contributed by atoms with Crippen LogP contribution in [0.25, 0.3) is 0 Å². The first-order chi connectivity index (χ1) is 8.03. The third-order valence-electron chi connectivity index (χ3n) is 3.18. The fourth-order valence-corrected chi connectivity index (χ4v) is 2.55. The molecule has 0 spiro atoms. The first-order valence-corrected chi connectivity index (χ1v) is 6.01. The van der Waals surface area contributed by atoms with Crippen molar-refractivity contribution in [3.63, 3.8) is 0 Å². The Kier molecular flexibility index (Phi) is 3.12. The highest BCUT2D eigenvalue weighted by Crippen LogP contribution is 2.37. The molecule has 2 N–H and O–H groups in total. The molecule has 0 atom stereocenters. The van der Waals surface area contributed by atoms with E-state index in [1.54, 1.807) is 0 Å². The highest BCUT2D eigenvalue weighted by molar-refractivity contribution is 6.31. The van der Waals surface area contributed by atoms with Crippen molar-refractivity contribution in [1.82, 2.24) is 0 Å². The number of nitrogens with two attached hydrogens (primary N) is 1. The summed E-state index contributed by atoms with van der Waals surface area (Å²) < 4.78 is 0. The van der Waals surface area contributed by atoms with Crippen LogP contribution in [0.15, 0.2) is 48.5 Å². The minimum atomic E-state index is -0.191. The Morgan fingerprint density at radius 2 is 1.41 bits per heavy atom. The molecule has 2 rings (SSSR count). The summed E-state index contributed by atoms with van der Waals surface area (Å²) in [5.41, 5.74) is 8.86. The predicted molar refractivity (Wildman–Crippen MR) is 74.4 cm³/mol. The van der Waals surface area contributed by atoms with E-state index in [2.05, 4.69) is 26.0 Å². The van der Waals surface area contributed by atoms with Crippen molar-refractivity contribution in [1.29, 1.82) is 0 Å². The fourth-order valence-electron chi connectivity index (χ4n) is 2.18. The van der Waals surface area contributed by atoms with Gasteiger partial charge in [0.15, 0.2) is 0 Å². The molecule has 0 fully saturated rings. The predicted octanol–water partition coefficient (Wildman–Crippen LogP) is 4.25. The topological polar surface area (TPSA) is 26.0 Å². The van der Waals surface area contributed by atoms with Crippen molar-refractivity contribution in [3.05, 3.63) is 64.7 Å². The normalized spacial score (nSPS) is 11.5. The molecule has 0 bridgehead atoms. The van der Waals surface area contributed by atoms with Gasteiger partial charge in [-0.1, -0.05) is 61.8 Å². The molecule has 0 saturated carbocycles. The lowest BCUT2D eigenvalue weighted by molar-refractivity contribution is 0.643. The quantitative estimate of drug-likeness (QED) is 0.787. The van der Waals surface area contributed by atoms with Crippen molar-refractivity contribution in [3.8, 4) is 0 Å². The van der Waals surface area contributed by atoms with Gasteiger partial charge in [-0.3, -0.25) is 0 Å². The molecule has 2 aromatic carbocycles. The number of nitrogen functional groups attached to an aromatic ring is 1. The van der Waals surface area contributed by atoms with E-state index >= 15 is 0 Å². The lowest BCUT2D eigenvalue weighted by atomic mass is 9.77. The monoisotopic (exact) mass is 245 g/mol. The number of hydrogen-bond donors (Lipinski definition) is 1. The smallest absolute Gasteiger partial charge is 0.0446 e. The Morgan fingerprint density at radius 1 is 0.882 bits per heavy atom. The molecule has 17 heavy (non-hydrogen) atoms. The van der Waals surface area contributed by atoms with E-state index in [0.717, 1.165) is 21.8 Å². The van der Waals surface area contributed by atoms with Gasteiger partial charge in [0.05, 0.1) is 0 Å². The van der Waals surface area contributed by atoms with E-state index in [0.29, 0.717) is 0 Å². The van der Waals surface area contributed by atoms with E-state index in [1.165, 1.54) is 0 Å². The maximum absolute atomic E-state index is 6.27. The summed E-state index contributed by atoms with van der Waals surface area (Å²) >= 11 is 6.27. The highest BCUT2D eigenvalue weighted by Gasteiger charge is 2.26. The minimum Gasteiger partial charge on any atom is -0.398 e. The Hall–Kier alpha value is -1.47. The van der Waals surface area contributed by atoms with E-state index in [9.17, 15) is 0 Å². The summed E-state index contributed by atoms with van der Waals surface area (Å²) in [6.07, 6.45) is 0. The summed E-state index contributed by atoms with van der Waals surface area (Å²) in [6.45, 7) is 4.28. The summed E-state index contributed by atoms with van der Waals surface area (Å²) in [4.78, 5) is 0. The average Bonchev–Trinajstić information content (AvgIpc) is 2.29. The number of halogens is 1. The second-order valence-corrected chi connectivity index (χ2v) is 5.10. The van der Waals surface area contributed by atoms with Gasteiger partial charge in [-0.15, -0.1) is 0 Å². The zero-order chi connectivity index (χ0) is 12.5. The van der Waals surface area contributed by atoms with E-state index in [-0.39, 0.29) is 5.41 Å². The second-order valence-electron chi connectivity index (χ2n) is 4.69. The molecule has 0 aliphatic rings. The van der Waals surface area contributed by atoms with Gasteiger partial charge in [-0.05, 0) is 23.3 Å². The molecule has 0 heterocycles. The molecule has 2 aromatic rings. The third-order valence-corrected chi connectivity index (χ3v) is 3.51. The van der Waals surface area contributed by atoms with Gasteiger partial charge in [0.25, 0.3) is 0 Å². The molecule has 1 nitrogen and oxygen atoms in total. The van der Waals surface area contributed by atoms with Crippen LogP contribution in [-0.2, 0) is 5.41 Å². The number of anilines is 1.